The van der Waals surface area contributed by atoms with E-state index in [0.29, 0.717) is 5.56 Å². The summed E-state index contributed by atoms with van der Waals surface area (Å²) in [5, 5.41) is 15.5. The third-order valence-corrected chi connectivity index (χ3v) is 5.51. The largest absolute Gasteiger partial charge is 0.507 e. The Balaban J connectivity index is 1.50. The zero-order chi connectivity index (χ0) is 18.4. The van der Waals surface area contributed by atoms with Crippen molar-refractivity contribution in [1.29, 1.82) is 0 Å². The molecule has 2 aromatic carbocycles. The molecule has 0 saturated carbocycles. The molecule has 0 aliphatic heterocycles. The van der Waals surface area contributed by atoms with Gasteiger partial charge in [0.15, 0.2) is 4.34 Å². The molecule has 3 aromatic rings. The summed E-state index contributed by atoms with van der Waals surface area (Å²) in [4.78, 5) is 16.4. The molecule has 2 N–H and O–H groups in total. The maximum Gasteiger partial charge on any atom is 0.250 e. The number of hydrogen-bond donors (Lipinski definition) is 2. The summed E-state index contributed by atoms with van der Waals surface area (Å²) in [7, 11) is 0. The number of carbonyl (C=O) groups is 1. The molecule has 0 fully saturated rings. The average molecular weight is 383 g/mol. The highest BCUT2D eigenvalue weighted by molar-refractivity contribution is 8.01. The van der Waals surface area contributed by atoms with Crippen LogP contribution in [0.1, 0.15) is 11.1 Å². The van der Waals surface area contributed by atoms with Crippen LogP contribution < -0.4 is 5.43 Å². The molecule has 1 aromatic heterocycles. The van der Waals surface area contributed by atoms with Crippen LogP contribution in [0.2, 0.25) is 0 Å². The Bertz CT molecular complexity index is 921. The van der Waals surface area contributed by atoms with Gasteiger partial charge in [-0.25, -0.2) is 10.4 Å². The molecule has 132 valence electrons. The Kier molecular flexibility index (Phi) is 6.04. The molecule has 5 nitrogen and oxygen atoms in total. The minimum Gasteiger partial charge on any atom is -0.507 e. The number of carbonyl (C=O) groups excluding carboxylic acids is 1. The molecule has 0 atom stereocenters. The minimum atomic E-state index is -0.228. The summed E-state index contributed by atoms with van der Waals surface area (Å²) >= 11 is 2.88. The number of benzene rings is 2. The smallest absolute Gasteiger partial charge is 0.250 e. The molecule has 7 heteroatoms. The fourth-order valence-corrected chi connectivity index (χ4v) is 3.74. The monoisotopic (exact) mass is 383 g/mol. The van der Waals surface area contributed by atoms with Crippen molar-refractivity contribution in [2.75, 3.05) is 5.75 Å². The number of amides is 1. The van der Waals surface area contributed by atoms with Crippen molar-refractivity contribution in [2.24, 2.45) is 5.10 Å². The number of rotatable bonds is 6. The van der Waals surface area contributed by atoms with Gasteiger partial charge in [-0.2, -0.15) is 5.10 Å². The quantitative estimate of drug-likeness (QED) is 0.382. The summed E-state index contributed by atoms with van der Waals surface area (Å²) in [6.45, 7) is 2.05. The van der Waals surface area contributed by atoms with E-state index in [9.17, 15) is 9.90 Å². The molecule has 0 unspecified atom stereocenters. The topological polar surface area (TPSA) is 74.6 Å². The van der Waals surface area contributed by atoms with E-state index in [-0.39, 0.29) is 17.4 Å². The maximum absolute atomic E-state index is 11.9. The number of phenols is 1. The number of aromatic nitrogens is 1. The second-order valence-corrected chi connectivity index (χ2v) is 7.59. The van der Waals surface area contributed by atoms with Crippen LogP contribution in [0.4, 0.5) is 0 Å². The molecule has 0 saturated heterocycles. The second-order valence-electron chi connectivity index (χ2n) is 5.51. The lowest BCUT2D eigenvalue weighted by molar-refractivity contribution is -0.118. The Morgan fingerprint density at radius 3 is 2.81 bits per heavy atom. The van der Waals surface area contributed by atoms with Crippen molar-refractivity contribution in [2.45, 2.75) is 11.3 Å². The van der Waals surface area contributed by atoms with Crippen molar-refractivity contribution < 1.29 is 9.90 Å². The third kappa shape index (κ3) is 4.93. The Morgan fingerprint density at radius 1 is 1.27 bits per heavy atom. The Morgan fingerprint density at radius 2 is 2.04 bits per heavy atom. The number of aryl methyl sites for hydroxylation is 1. The molecule has 0 aliphatic carbocycles. The number of nitrogens with one attached hydrogen (secondary N) is 1. The Hall–Kier alpha value is -2.64. The van der Waals surface area contributed by atoms with Crippen molar-refractivity contribution in [3.05, 3.63) is 65.0 Å². The predicted molar refractivity (Wildman–Crippen MR) is 107 cm³/mol. The first-order valence-corrected chi connectivity index (χ1v) is 9.73. The average Bonchev–Trinajstić information content (AvgIpc) is 3.11. The summed E-state index contributed by atoms with van der Waals surface area (Å²) < 4.78 is 0.834. The Labute approximate surface area is 159 Å². The van der Waals surface area contributed by atoms with Gasteiger partial charge in [0, 0.05) is 16.5 Å². The van der Waals surface area contributed by atoms with E-state index in [1.165, 1.54) is 34.9 Å². The zero-order valence-corrected chi connectivity index (χ0v) is 15.7. The molecular formula is C19H17N3O2S2. The number of hydrazone groups is 1. The molecule has 26 heavy (non-hydrogen) atoms. The van der Waals surface area contributed by atoms with E-state index >= 15 is 0 Å². The van der Waals surface area contributed by atoms with Crippen LogP contribution in [0.3, 0.4) is 0 Å². The highest BCUT2D eigenvalue weighted by Gasteiger charge is 2.07. The number of aromatic hydroxyl groups is 1. The van der Waals surface area contributed by atoms with Crippen molar-refractivity contribution in [1.82, 2.24) is 10.4 Å². The van der Waals surface area contributed by atoms with E-state index in [1.807, 2.05) is 24.4 Å². The lowest BCUT2D eigenvalue weighted by Gasteiger charge is -1.99. The summed E-state index contributed by atoms with van der Waals surface area (Å²) in [6, 6.07) is 15.0. The summed E-state index contributed by atoms with van der Waals surface area (Å²) in [5.41, 5.74) is 6.18. The van der Waals surface area contributed by atoms with Gasteiger partial charge >= 0.3 is 0 Å². The molecule has 0 bridgehead atoms. The number of phenolic OH excluding ortho intramolecular Hbond substituents is 1. The van der Waals surface area contributed by atoms with E-state index < -0.39 is 0 Å². The highest BCUT2D eigenvalue weighted by atomic mass is 32.2. The van der Waals surface area contributed by atoms with Gasteiger partial charge < -0.3 is 5.11 Å². The molecule has 1 amide bonds. The van der Waals surface area contributed by atoms with Gasteiger partial charge in [0.1, 0.15) is 5.75 Å². The molecule has 1 heterocycles. The fourth-order valence-electron chi connectivity index (χ4n) is 2.11. The van der Waals surface area contributed by atoms with Gasteiger partial charge in [-0.1, -0.05) is 53.7 Å². The second kappa shape index (κ2) is 8.64. The highest BCUT2D eigenvalue weighted by Crippen LogP contribution is 2.28. The third-order valence-electron chi connectivity index (χ3n) is 3.49. The normalized spacial score (nSPS) is 11.0. The van der Waals surface area contributed by atoms with Gasteiger partial charge in [-0.15, -0.1) is 11.3 Å². The van der Waals surface area contributed by atoms with Gasteiger partial charge in [-0.05, 0) is 19.1 Å². The number of nitrogens with zero attached hydrogens (tertiary/aromatic N) is 2. The van der Waals surface area contributed by atoms with Gasteiger partial charge in [0.25, 0.3) is 5.91 Å². The minimum absolute atomic E-state index is 0.117. The fraction of sp³-hybridized carbons (Fsp3) is 0.105. The van der Waals surface area contributed by atoms with E-state index in [1.54, 1.807) is 24.3 Å². The van der Waals surface area contributed by atoms with Crippen LogP contribution in [0.15, 0.2) is 63.4 Å². The SMILES string of the molecule is Cc1ccc(-c2csc(SCC(=O)N/N=C\c3ccccc3O)n2)cc1. The predicted octanol–water partition coefficient (Wildman–Crippen LogP) is 4.07. The van der Waals surface area contributed by atoms with Crippen LogP contribution in [-0.4, -0.2) is 28.0 Å². The zero-order valence-electron chi connectivity index (χ0n) is 14.0. The first-order valence-electron chi connectivity index (χ1n) is 7.87. The number of thioether (sulfide) groups is 1. The van der Waals surface area contributed by atoms with Gasteiger partial charge in [0.05, 0.1) is 17.7 Å². The van der Waals surface area contributed by atoms with E-state index in [4.69, 9.17) is 0 Å². The molecule has 0 spiro atoms. The first kappa shape index (κ1) is 18.2. The summed E-state index contributed by atoms with van der Waals surface area (Å²) in [6.07, 6.45) is 1.41. The lowest BCUT2D eigenvalue weighted by atomic mass is 10.1. The molecule has 0 radical (unpaired) electrons. The van der Waals surface area contributed by atoms with E-state index in [2.05, 4.69) is 27.6 Å². The van der Waals surface area contributed by atoms with Crippen LogP contribution in [0.5, 0.6) is 5.75 Å². The van der Waals surface area contributed by atoms with Crippen LogP contribution in [0.25, 0.3) is 11.3 Å². The summed E-state index contributed by atoms with van der Waals surface area (Å²) in [5.74, 6) is 0.110. The van der Waals surface area contributed by atoms with Crippen molar-refractivity contribution >= 4 is 35.2 Å². The van der Waals surface area contributed by atoms with Gasteiger partial charge in [0.2, 0.25) is 0 Å². The molecular weight excluding hydrogens is 366 g/mol. The number of thiazole rings is 1. The number of hydrogen-bond acceptors (Lipinski definition) is 6. The van der Waals surface area contributed by atoms with Crippen molar-refractivity contribution in [3.63, 3.8) is 0 Å². The first-order chi connectivity index (χ1) is 12.6. The van der Waals surface area contributed by atoms with Crippen molar-refractivity contribution in [3.8, 4) is 17.0 Å². The molecule has 0 aliphatic rings. The van der Waals surface area contributed by atoms with Crippen LogP contribution in [0, 0.1) is 6.92 Å². The van der Waals surface area contributed by atoms with Gasteiger partial charge in [-0.3, -0.25) is 4.79 Å². The lowest BCUT2D eigenvalue weighted by Crippen LogP contribution is -2.19. The maximum atomic E-state index is 11.9. The number of para-hydroxylation sites is 1. The van der Waals surface area contributed by atoms with Crippen LogP contribution >= 0.6 is 23.1 Å². The standard InChI is InChI=1S/C19H17N3O2S2/c1-13-6-8-14(9-7-13)16-11-25-19(21-16)26-12-18(24)22-20-10-15-4-2-3-5-17(15)23/h2-11,23H,12H2,1H3,(H,22,24)/b20-10-. The van der Waals surface area contributed by atoms with Crippen LogP contribution in [-0.2, 0) is 4.79 Å². The van der Waals surface area contributed by atoms with E-state index in [0.717, 1.165) is 15.6 Å². The molecule has 3 rings (SSSR count).